The van der Waals surface area contributed by atoms with Gasteiger partial charge in [-0.2, -0.15) is 0 Å². The molecule has 0 aliphatic heterocycles. The minimum Gasteiger partial charge on any atom is -0.508 e. The summed E-state index contributed by atoms with van der Waals surface area (Å²) < 4.78 is 10.8. The Morgan fingerprint density at radius 3 is 2.50 bits per heavy atom. The molecule has 2 aromatic carbocycles. The van der Waals surface area contributed by atoms with Gasteiger partial charge in [-0.3, -0.25) is 4.79 Å². The number of phenols is 1. The Morgan fingerprint density at radius 1 is 1.17 bits per heavy atom. The molecule has 24 heavy (non-hydrogen) atoms. The standard InChI is InChI=1S/C17H17Cl2NO4/c1-2-3-15(22)24-14-7-6-13(16(18)17(14)19)23-11-4-5-12(21)10(8-11)9-20/h4-8,21H,2-3,9,20H2,1H3. The fourth-order valence-electron chi connectivity index (χ4n) is 1.97. The normalized spacial score (nSPS) is 10.5. The minimum atomic E-state index is -0.379. The van der Waals surface area contributed by atoms with Crippen LogP contribution in [0.1, 0.15) is 25.3 Å². The molecule has 0 saturated carbocycles. The number of benzene rings is 2. The van der Waals surface area contributed by atoms with Crippen molar-refractivity contribution in [2.75, 3.05) is 0 Å². The van der Waals surface area contributed by atoms with Gasteiger partial charge in [0.1, 0.15) is 27.3 Å². The molecule has 0 amide bonds. The number of carbonyl (C=O) groups excluding carboxylic acids is 1. The number of hydrogen-bond donors (Lipinski definition) is 2. The third-order valence-corrected chi connectivity index (χ3v) is 4.04. The van der Waals surface area contributed by atoms with Gasteiger partial charge in [0.2, 0.25) is 0 Å². The first-order valence-corrected chi connectivity index (χ1v) is 8.10. The first-order chi connectivity index (χ1) is 11.5. The van der Waals surface area contributed by atoms with Crippen molar-refractivity contribution in [3.63, 3.8) is 0 Å². The Morgan fingerprint density at radius 2 is 1.83 bits per heavy atom. The highest BCUT2D eigenvalue weighted by Gasteiger charge is 2.15. The minimum absolute atomic E-state index is 0.0900. The molecule has 2 aromatic rings. The van der Waals surface area contributed by atoms with Crippen molar-refractivity contribution in [3.05, 3.63) is 45.9 Å². The number of halogens is 2. The molecule has 0 aliphatic carbocycles. The molecule has 0 saturated heterocycles. The van der Waals surface area contributed by atoms with Crippen molar-refractivity contribution >= 4 is 29.2 Å². The Kier molecular flexibility index (Phi) is 6.31. The van der Waals surface area contributed by atoms with Crippen LogP contribution in [0.5, 0.6) is 23.0 Å². The van der Waals surface area contributed by atoms with E-state index in [2.05, 4.69) is 0 Å². The summed E-state index contributed by atoms with van der Waals surface area (Å²) in [5, 5.41) is 9.85. The maximum Gasteiger partial charge on any atom is 0.311 e. The number of nitrogens with two attached hydrogens (primary N) is 1. The van der Waals surface area contributed by atoms with E-state index in [0.29, 0.717) is 29.9 Å². The third kappa shape index (κ3) is 4.32. The Bertz CT molecular complexity index is 750. The molecule has 0 radical (unpaired) electrons. The second-order valence-corrected chi connectivity index (χ2v) is 5.77. The van der Waals surface area contributed by atoms with Gasteiger partial charge in [0.25, 0.3) is 0 Å². The van der Waals surface area contributed by atoms with E-state index in [1.165, 1.54) is 12.1 Å². The highest BCUT2D eigenvalue weighted by atomic mass is 35.5. The van der Waals surface area contributed by atoms with Crippen LogP contribution in [0, 0.1) is 0 Å². The van der Waals surface area contributed by atoms with Crippen molar-refractivity contribution < 1.29 is 19.4 Å². The van der Waals surface area contributed by atoms with Crippen LogP contribution in [0.2, 0.25) is 10.0 Å². The van der Waals surface area contributed by atoms with Crippen LogP contribution in [-0.2, 0) is 11.3 Å². The van der Waals surface area contributed by atoms with Gasteiger partial charge < -0.3 is 20.3 Å². The molecule has 5 nitrogen and oxygen atoms in total. The number of phenolic OH excluding ortho intramolecular Hbond substituents is 1. The number of carbonyl (C=O) groups is 1. The molecule has 2 rings (SSSR count). The fourth-order valence-corrected chi connectivity index (χ4v) is 2.35. The molecule has 0 bridgehead atoms. The Hall–Kier alpha value is -1.95. The van der Waals surface area contributed by atoms with Crippen LogP contribution < -0.4 is 15.2 Å². The molecule has 0 aliphatic rings. The molecular formula is C17H17Cl2NO4. The molecule has 0 unspecified atom stereocenters. The second kappa shape index (κ2) is 8.24. The van der Waals surface area contributed by atoms with Gasteiger partial charge in [0.05, 0.1) is 0 Å². The summed E-state index contributed by atoms with van der Waals surface area (Å²) >= 11 is 12.3. The lowest BCUT2D eigenvalue weighted by Gasteiger charge is -2.12. The van der Waals surface area contributed by atoms with Crippen molar-refractivity contribution in [1.82, 2.24) is 0 Å². The predicted molar refractivity (Wildman–Crippen MR) is 93.1 cm³/mol. The molecule has 0 heterocycles. The van der Waals surface area contributed by atoms with E-state index in [1.807, 2.05) is 6.92 Å². The molecule has 3 N–H and O–H groups in total. The summed E-state index contributed by atoms with van der Waals surface area (Å²) in [4.78, 5) is 11.6. The number of esters is 1. The zero-order chi connectivity index (χ0) is 17.7. The number of rotatable bonds is 6. The number of aromatic hydroxyl groups is 1. The quantitative estimate of drug-likeness (QED) is 0.571. The monoisotopic (exact) mass is 369 g/mol. The lowest BCUT2D eigenvalue weighted by Crippen LogP contribution is -2.07. The summed E-state index contributed by atoms with van der Waals surface area (Å²) in [6, 6.07) is 7.73. The smallest absolute Gasteiger partial charge is 0.311 e. The summed E-state index contributed by atoms with van der Waals surface area (Å²) in [6.07, 6.45) is 0.970. The molecule has 128 valence electrons. The average Bonchev–Trinajstić information content (AvgIpc) is 2.56. The van der Waals surface area contributed by atoms with E-state index in [9.17, 15) is 9.90 Å². The van der Waals surface area contributed by atoms with Crippen molar-refractivity contribution in [3.8, 4) is 23.0 Å². The predicted octanol–water partition coefficient (Wildman–Crippen LogP) is 4.66. The van der Waals surface area contributed by atoms with E-state index in [0.717, 1.165) is 0 Å². The van der Waals surface area contributed by atoms with Gasteiger partial charge in [-0.05, 0) is 36.8 Å². The summed E-state index contributed by atoms with van der Waals surface area (Å²) in [5.74, 6) is 0.635. The maximum absolute atomic E-state index is 11.6. The van der Waals surface area contributed by atoms with E-state index in [-0.39, 0.29) is 34.1 Å². The summed E-state index contributed by atoms with van der Waals surface area (Å²) in [5.41, 5.74) is 6.09. The topological polar surface area (TPSA) is 81.8 Å². The van der Waals surface area contributed by atoms with Crippen LogP contribution in [-0.4, -0.2) is 11.1 Å². The van der Waals surface area contributed by atoms with E-state index in [1.54, 1.807) is 18.2 Å². The first-order valence-electron chi connectivity index (χ1n) is 7.34. The molecule has 0 spiro atoms. The Labute approximate surface area is 149 Å². The van der Waals surface area contributed by atoms with Gasteiger partial charge in [-0.25, -0.2) is 0 Å². The van der Waals surface area contributed by atoms with Crippen LogP contribution in [0.4, 0.5) is 0 Å². The largest absolute Gasteiger partial charge is 0.508 e. The average molecular weight is 370 g/mol. The highest BCUT2D eigenvalue weighted by molar-refractivity contribution is 6.44. The van der Waals surface area contributed by atoms with Crippen LogP contribution in [0.3, 0.4) is 0 Å². The van der Waals surface area contributed by atoms with Crippen molar-refractivity contribution in [2.45, 2.75) is 26.3 Å². The zero-order valence-corrected chi connectivity index (χ0v) is 14.5. The van der Waals surface area contributed by atoms with Crippen molar-refractivity contribution in [1.29, 1.82) is 0 Å². The third-order valence-electron chi connectivity index (χ3n) is 3.19. The van der Waals surface area contributed by atoms with E-state index in [4.69, 9.17) is 38.4 Å². The number of ether oxygens (including phenoxy) is 2. The first kappa shape index (κ1) is 18.4. The van der Waals surface area contributed by atoms with Gasteiger partial charge >= 0.3 is 5.97 Å². The molecule has 7 heteroatoms. The molecule has 0 atom stereocenters. The Balaban J connectivity index is 2.23. The van der Waals surface area contributed by atoms with Crippen LogP contribution >= 0.6 is 23.2 Å². The fraction of sp³-hybridized carbons (Fsp3) is 0.235. The molecule has 0 aromatic heterocycles. The highest BCUT2D eigenvalue weighted by Crippen LogP contribution is 2.41. The lowest BCUT2D eigenvalue weighted by molar-refractivity contribution is -0.134. The molecule has 0 fully saturated rings. The second-order valence-electron chi connectivity index (χ2n) is 5.01. The van der Waals surface area contributed by atoms with Gasteiger partial charge in [0.15, 0.2) is 5.75 Å². The van der Waals surface area contributed by atoms with Crippen LogP contribution in [0.15, 0.2) is 30.3 Å². The van der Waals surface area contributed by atoms with Gasteiger partial charge in [-0.1, -0.05) is 30.1 Å². The van der Waals surface area contributed by atoms with Gasteiger partial charge in [-0.15, -0.1) is 0 Å². The van der Waals surface area contributed by atoms with Gasteiger partial charge in [0, 0.05) is 18.5 Å². The lowest BCUT2D eigenvalue weighted by atomic mass is 10.2. The van der Waals surface area contributed by atoms with Crippen LogP contribution in [0.25, 0.3) is 0 Å². The summed E-state index contributed by atoms with van der Waals surface area (Å²) in [7, 11) is 0. The zero-order valence-electron chi connectivity index (χ0n) is 13.0. The SMILES string of the molecule is CCCC(=O)Oc1ccc(Oc2ccc(O)c(CN)c2)c(Cl)c1Cl. The summed E-state index contributed by atoms with van der Waals surface area (Å²) in [6.45, 7) is 2.05. The van der Waals surface area contributed by atoms with E-state index < -0.39 is 0 Å². The van der Waals surface area contributed by atoms with Crippen molar-refractivity contribution in [2.24, 2.45) is 5.73 Å². The molecular weight excluding hydrogens is 353 g/mol. The number of hydrogen-bond acceptors (Lipinski definition) is 5. The van der Waals surface area contributed by atoms with E-state index >= 15 is 0 Å². The maximum atomic E-state index is 11.6.